The van der Waals surface area contributed by atoms with Crippen LogP contribution in [0.2, 0.25) is 10.0 Å². The number of nitrogens with zero attached hydrogens (tertiary/aromatic N) is 1. The van der Waals surface area contributed by atoms with Crippen molar-refractivity contribution < 1.29 is 9.53 Å². The van der Waals surface area contributed by atoms with E-state index >= 15 is 0 Å². The van der Waals surface area contributed by atoms with E-state index in [4.69, 9.17) is 27.9 Å². The number of aryl methyl sites for hydroxylation is 1. The molecule has 0 bridgehead atoms. The Labute approximate surface area is 185 Å². The zero-order valence-corrected chi connectivity index (χ0v) is 17.7. The fourth-order valence-electron chi connectivity index (χ4n) is 2.76. The third-order valence-electron chi connectivity index (χ3n) is 4.22. The molecule has 0 aliphatic carbocycles. The van der Waals surface area contributed by atoms with E-state index in [1.165, 1.54) is 6.08 Å². The molecule has 0 unspecified atom stereocenters. The Kier molecular flexibility index (Phi) is 7.13. The molecule has 0 spiro atoms. The predicted octanol–water partition coefficient (Wildman–Crippen LogP) is 6.43. The van der Waals surface area contributed by atoms with Crippen molar-refractivity contribution in [3.63, 3.8) is 0 Å². The summed E-state index contributed by atoms with van der Waals surface area (Å²) in [6.45, 7) is 2.36. The molecule has 3 aromatic rings. The standard InChI is InChI=1S/C24H18Cl2N2O2/c1-16-3-2-4-17(11-16)15-30-23-10-7-21(26)13-18(23)12-19(14-27)24(29)28-22-8-5-20(25)6-9-22/h2-13H,15H2,1H3,(H,28,29)/b19-12+. The maximum Gasteiger partial charge on any atom is 0.266 e. The van der Waals surface area contributed by atoms with Gasteiger partial charge in [0.15, 0.2) is 0 Å². The third-order valence-corrected chi connectivity index (χ3v) is 4.70. The number of anilines is 1. The molecule has 4 nitrogen and oxygen atoms in total. The van der Waals surface area contributed by atoms with Gasteiger partial charge in [-0.3, -0.25) is 4.79 Å². The highest BCUT2D eigenvalue weighted by molar-refractivity contribution is 6.31. The second-order valence-corrected chi connectivity index (χ2v) is 7.46. The lowest BCUT2D eigenvalue weighted by Gasteiger charge is -2.11. The first kappa shape index (κ1) is 21.4. The number of hydrogen-bond acceptors (Lipinski definition) is 3. The molecule has 0 saturated carbocycles. The average molecular weight is 437 g/mol. The van der Waals surface area contributed by atoms with E-state index in [0.717, 1.165) is 11.1 Å². The molecular weight excluding hydrogens is 419 g/mol. The van der Waals surface area contributed by atoms with Crippen LogP contribution in [-0.4, -0.2) is 5.91 Å². The minimum atomic E-state index is -0.538. The first-order valence-corrected chi connectivity index (χ1v) is 9.87. The summed E-state index contributed by atoms with van der Waals surface area (Å²) in [7, 11) is 0. The Balaban J connectivity index is 1.82. The smallest absolute Gasteiger partial charge is 0.266 e. The molecule has 0 atom stereocenters. The zero-order valence-electron chi connectivity index (χ0n) is 16.2. The van der Waals surface area contributed by atoms with Gasteiger partial charge in [0.25, 0.3) is 5.91 Å². The first-order chi connectivity index (χ1) is 14.4. The Morgan fingerprint density at radius 3 is 2.50 bits per heavy atom. The van der Waals surface area contributed by atoms with Gasteiger partial charge in [-0.05, 0) is 61.0 Å². The number of hydrogen-bond donors (Lipinski definition) is 1. The lowest BCUT2D eigenvalue weighted by atomic mass is 10.1. The van der Waals surface area contributed by atoms with Gasteiger partial charge < -0.3 is 10.1 Å². The van der Waals surface area contributed by atoms with Crippen LogP contribution in [0, 0.1) is 18.3 Å². The second kappa shape index (κ2) is 9.98. The van der Waals surface area contributed by atoms with Crippen molar-refractivity contribution in [2.75, 3.05) is 5.32 Å². The number of halogens is 2. The highest BCUT2D eigenvalue weighted by Crippen LogP contribution is 2.26. The Morgan fingerprint density at radius 2 is 1.80 bits per heavy atom. The van der Waals surface area contributed by atoms with E-state index < -0.39 is 5.91 Å². The highest BCUT2D eigenvalue weighted by Gasteiger charge is 2.12. The Morgan fingerprint density at radius 1 is 1.07 bits per heavy atom. The minimum absolute atomic E-state index is 0.0763. The molecule has 3 rings (SSSR count). The Hall–Kier alpha value is -3.26. The minimum Gasteiger partial charge on any atom is -0.488 e. The number of benzene rings is 3. The van der Waals surface area contributed by atoms with Crippen LogP contribution in [0.4, 0.5) is 5.69 Å². The van der Waals surface area contributed by atoms with Crippen molar-refractivity contribution in [1.82, 2.24) is 0 Å². The zero-order chi connectivity index (χ0) is 21.5. The summed E-state index contributed by atoms with van der Waals surface area (Å²) in [5, 5.41) is 13.2. The molecule has 0 radical (unpaired) electrons. The number of rotatable bonds is 6. The van der Waals surface area contributed by atoms with Gasteiger partial charge in [-0.25, -0.2) is 0 Å². The van der Waals surface area contributed by atoms with Crippen LogP contribution in [0.1, 0.15) is 16.7 Å². The van der Waals surface area contributed by atoms with Crippen molar-refractivity contribution in [3.8, 4) is 11.8 Å². The van der Waals surface area contributed by atoms with Crippen LogP contribution >= 0.6 is 23.2 Å². The van der Waals surface area contributed by atoms with Crippen LogP contribution in [0.15, 0.2) is 72.3 Å². The van der Waals surface area contributed by atoms with Gasteiger partial charge in [-0.1, -0.05) is 53.0 Å². The van der Waals surface area contributed by atoms with Gasteiger partial charge in [0.05, 0.1) is 0 Å². The first-order valence-electron chi connectivity index (χ1n) is 9.11. The topological polar surface area (TPSA) is 62.1 Å². The molecule has 0 aromatic heterocycles. The number of nitrogens with one attached hydrogen (secondary N) is 1. The average Bonchev–Trinajstić information content (AvgIpc) is 2.73. The molecule has 0 aliphatic rings. The van der Waals surface area contributed by atoms with Crippen molar-refractivity contribution >= 4 is 40.9 Å². The summed E-state index contributed by atoms with van der Waals surface area (Å²) in [6, 6.07) is 21.6. The maximum absolute atomic E-state index is 12.5. The number of carbonyl (C=O) groups excluding carboxylic acids is 1. The van der Waals surface area contributed by atoms with E-state index in [1.54, 1.807) is 42.5 Å². The van der Waals surface area contributed by atoms with Crippen LogP contribution < -0.4 is 10.1 Å². The molecule has 0 fully saturated rings. The van der Waals surface area contributed by atoms with Crippen LogP contribution in [0.5, 0.6) is 5.75 Å². The number of nitriles is 1. The van der Waals surface area contributed by atoms with Crippen LogP contribution in [-0.2, 0) is 11.4 Å². The molecule has 0 aliphatic heterocycles. The van der Waals surface area contributed by atoms with E-state index in [-0.39, 0.29) is 5.57 Å². The molecular formula is C24H18Cl2N2O2. The molecule has 0 saturated heterocycles. The number of ether oxygens (including phenoxy) is 1. The summed E-state index contributed by atoms with van der Waals surface area (Å²) < 4.78 is 5.93. The monoisotopic (exact) mass is 436 g/mol. The summed E-state index contributed by atoms with van der Waals surface area (Å²) in [6.07, 6.45) is 1.46. The molecule has 30 heavy (non-hydrogen) atoms. The molecule has 1 N–H and O–H groups in total. The lowest BCUT2D eigenvalue weighted by Crippen LogP contribution is -2.13. The van der Waals surface area contributed by atoms with E-state index in [2.05, 4.69) is 5.32 Å². The molecule has 1 amide bonds. The van der Waals surface area contributed by atoms with Crippen molar-refractivity contribution in [3.05, 3.63) is 99.0 Å². The third kappa shape index (κ3) is 5.87. The van der Waals surface area contributed by atoms with Gasteiger partial charge >= 0.3 is 0 Å². The second-order valence-electron chi connectivity index (χ2n) is 6.59. The summed E-state index contributed by atoms with van der Waals surface area (Å²) in [4.78, 5) is 12.5. The predicted molar refractivity (Wildman–Crippen MR) is 121 cm³/mol. The molecule has 6 heteroatoms. The summed E-state index contributed by atoms with van der Waals surface area (Å²) >= 11 is 12.0. The van der Waals surface area contributed by atoms with Gasteiger partial charge in [0.2, 0.25) is 0 Å². The lowest BCUT2D eigenvalue weighted by molar-refractivity contribution is -0.112. The molecule has 0 heterocycles. The fourth-order valence-corrected chi connectivity index (χ4v) is 3.07. The normalized spacial score (nSPS) is 10.9. The molecule has 3 aromatic carbocycles. The van der Waals surface area contributed by atoms with E-state index in [0.29, 0.717) is 33.7 Å². The summed E-state index contributed by atoms with van der Waals surface area (Å²) in [5.41, 5.74) is 3.15. The fraction of sp³-hybridized carbons (Fsp3) is 0.0833. The molecule has 150 valence electrons. The largest absolute Gasteiger partial charge is 0.488 e. The number of amides is 1. The van der Waals surface area contributed by atoms with Crippen molar-refractivity contribution in [2.24, 2.45) is 0 Å². The van der Waals surface area contributed by atoms with Crippen molar-refractivity contribution in [1.29, 1.82) is 5.26 Å². The highest BCUT2D eigenvalue weighted by atomic mass is 35.5. The SMILES string of the molecule is Cc1cccc(COc2ccc(Cl)cc2/C=C(\C#N)C(=O)Nc2ccc(Cl)cc2)c1. The van der Waals surface area contributed by atoms with E-state index in [9.17, 15) is 10.1 Å². The number of carbonyl (C=O) groups is 1. The van der Waals surface area contributed by atoms with Gasteiger partial charge in [-0.15, -0.1) is 0 Å². The van der Waals surface area contributed by atoms with Crippen LogP contribution in [0.3, 0.4) is 0 Å². The van der Waals surface area contributed by atoms with Crippen LogP contribution in [0.25, 0.3) is 6.08 Å². The van der Waals surface area contributed by atoms with Gasteiger partial charge in [0, 0.05) is 21.3 Å². The van der Waals surface area contributed by atoms with Gasteiger partial charge in [0.1, 0.15) is 24.0 Å². The maximum atomic E-state index is 12.5. The summed E-state index contributed by atoms with van der Waals surface area (Å²) in [5.74, 6) is -0.0163. The Bertz CT molecular complexity index is 1130. The van der Waals surface area contributed by atoms with E-state index in [1.807, 2.05) is 37.3 Å². The van der Waals surface area contributed by atoms with Crippen molar-refractivity contribution in [2.45, 2.75) is 13.5 Å². The van der Waals surface area contributed by atoms with Gasteiger partial charge in [-0.2, -0.15) is 5.26 Å². The quantitative estimate of drug-likeness (QED) is 0.357.